The van der Waals surface area contributed by atoms with Gasteiger partial charge in [-0.2, -0.15) is 0 Å². The van der Waals surface area contributed by atoms with E-state index in [4.69, 9.17) is 0 Å². The van der Waals surface area contributed by atoms with Gasteiger partial charge >= 0.3 is 285 Å². The first-order chi connectivity index (χ1) is 22.6. The Hall–Kier alpha value is -2.69. The Kier molecular flexibility index (Phi) is 10.7. The van der Waals surface area contributed by atoms with Crippen molar-refractivity contribution in [3.63, 3.8) is 0 Å². The molecule has 8 rings (SSSR count). The van der Waals surface area contributed by atoms with Crippen LogP contribution in [-0.4, -0.2) is 10.1 Å². The molecule has 4 heteroatoms. The summed E-state index contributed by atoms with van der Waals surface area (Å²) in [4.78, 5) is 0. The molecule has 0 N–H and O–H groups in total. The quantitative estimate of drug-likeness (QED) is 0.178. The smallest absolute Gasteiger partial charge is 1.00 e. The zero-order chi connectivity index (χ0) is 31.4. The molecule has 0 nitrogen and oxygen atoms in total. The monoisotopic (exact) mass is 892 g/mol. The molecule has 0 saturated carbocycles. The first-order valence-corrected chi connectivity index (χ1v) is 35.6. The maximum absolute atomic E-state index is 2.74. The van der Waals surface area contributed by atoms with Crippen LogP contribution in [0.3, 0.4) is 0 Å². The van der Waals surface area contributed by atoms with Crippen molar-refractivity contribution in [1.29, 1.82) is 0 Å². The molecule has 0 aromatic heterocycles. The third-order valence-electron chi connectivity index (χ3n) is 10.5. The van der Waals surface area contributed by atoms with Gasteiger partial charge in [0.25, 0.3) is 0 Å². The van der Waals surface area contributed by atoms with Crippen LogP contribution >= 0.6 is 0 Å². The topological polar surface area (TPSA) is 0 Å². The Morgan fingerprint density at radius 2 is 0.812 bits per heavy atom. The van der Waals surface area contributed by atoms with Gasteiger partial charge in [-0.15, -0.1) is 0 Å². The number of rotatable bonds is 6. The molecule has 2 aliphatic rings. The van der Waals surface area contributed by atoms with E-state index in [-0.39, 0.29) is 24.8 Å². The third kappa shape index (κ3) is 5.63. The van der Waals surface area contributed by atoms with Gasteiger partial charge in [0.05, 0.1) is 0 Å². The summed E-state index contributed by atoms with van der Waals surface area (Å²) in [5, 5.41) is 5.45. The molecule has 2 aliphatic carbocycles. The van der Waals surface area contributed by atoms with Gasteiger partial charge in [-0.05, 0) is 0 Å². The van der Waals surface area contributed by atoms with Gasteiger partial charge in [0.2, 0.25) is 0 Å². The van der Waals surface area contributed by atoms with E-state index in [1.165, 1.54) is 43.8 Å². The summed E-state index contributed by atoms with van der Waals surface area (Å²) in [6.45, 7) is 4.88. The summed E-state index contributed by atoms with van der Waals surface area (Å²) >= 11 is -2.51. The van der Waals surface area contributed by atoms with Crippen LogP contribution < -0.4 is 24.8 Å². The van der Waals surface area contributed by atoms with Crippen molar-refractivity contribution in [2.45, 2.75) is 45.6 Å². The molecular formula is C44H40Cl2GeHf. The second kappa shape index (κ2) is 14.7. The van der Waals surface area contributed by atoms with Crippen LogP contribution in [0.1, 0.15) is 67.4 Å². The molecule has 0 spiro atoms. The van der Waals surface area contributed by atoms with Crippen molar-refractivity contribution in [3.8, 4) is 0 Å². The molecule has 0 heterocycles. The van der Waals surface area contributed by atoms with Crippen molar-refractivity contribution in [2.75, 3.05) is 0 Å². The van der Waals surface area contributed by atoms with Crippen molar-refractivity contribution in [2.24, 2.45) is 0 Å². The van der Waals surface area contributed by atoms with Crippen LogP contribution in [0.2, 0.25) is 11.5 Å². The van der Waals surface area contributed by atoms with Crippen LogP contribution in [0.25, 0.3) is 32.7 Å². The van der Waals surface area contributed by atoms with E-state index in [1.807, 2.05) is 0 Å². The van der Waals surface area contributed by atoms with Crippen molar-refractivity contribution >= 4 is 42.7 Å². The fraction of sp³-hybridized carbons (Fsp3) is 0.182. The Morgan fingerprint density at radius 1 is 0.458 bits per heavy atom. The summed E-state index contributed by atoms with van der Waals surface area (Å²) in [7, 11) is -1.35. The van der Waals surface area contributed by atoms with Crippen LogP contribution in [0.4, 0.5) is 0 Å². The Morgan fingerprint density at radius 3 is 1.23 bits per heavy atom. The molecule has 6 aromatic rings. The number of hydrogen-bond donors (Lipinski definition) is 0. The van der Waals surface area contributed by atoms with Crippen molar-refractivity contribution in [1.82, 2.24) is 0 Å². The fourth-order valence-electron chi connectivity index (χ4n) is 8.70. The second-order valence-corrected chi connectivity index (χ2v) is 53.3. The second-order valence-electron chi connectivity index (χ2n) is 13.1. The summed E-state index contributed by atoms with van der Waals surface area (Å²) < 4.78 is 1.27. The molecule has 6 aromatic carbocycles. The van der Waals surface area contributed by atoms with Crippen molar-refractivity contribution < 1.29 is 43.2 Å². The van der Waals surface area contributed by atoms with Crippen LogP contribution in [-0.2, 0) is 18.3 Å². The van der Waals surface area contributed by atoms with Gasteiger partial charge in [0.15, 0.2) is 0 Å². The van der Waals surface area contributed by atoms with E-state index in [0.717, 1.165) is 12.8 Å². The minimum Gasteiger partial charge on any atom is -1.00 e. The van der Waals surface area contributed by atoms with Crippen LogP contribution in [0.5, 0.6) is 0 Å². The average Bonchev–Trinajstić information content (AvgIpc) is 3.60. The van der Waals surface area contributed by atoms with E-state index in [2.05, 4.69) is 159 Å². The summed E-state index contributed by atoms with van der Waals surface area (Å²) in [5.74, 6) is 5.47. The van der Waals surface area contributed by atoms with Gasteiger partial charge in [0, 0.05) is 0 Å². The number of hydrogen-bond acceptors (Lipinski definition) is 0. The van der Waals surface area contributed by atoms with E-state index in [1.54, 1.807) is 33.4 Å². The van der Waals surface area contributed by atoms with Crippen LogP contribution in [0.15, 0.2) is 145 Å². The Labute approximate surface area is 306 Å². The van der Waals surface area contributed by atoms with Gasteiger partial charge in [-0.25, -0.2) is 0 Å². The SMILES string of the molecule is CCC1=C(c2cccc3ccccc23)c2ccccc2[CH]1[Hf+2]([CH]1C(CC)=C(c2cccc3ccccc23)c2ccccc21)=[Ge]([CH3])[CH3].[Cl-].[Cl-]. The normalized spacial score (nSPS) is 16.2. The van der Waals surface area contributed by atoms with E-state index in [0.29, 0.717) is 7.35 Å². The summed E-state index contributed by atoms with van der Waals surface area (Å²) in [6.07, 6.45) is 2.24. The largest absolute Gasteiger partial charge is 1.00 e. The van der Waals surface area contributed by atoms with Gasteiger partial charge in [0.1, 0.15) is 0 Å². The molecular weight excluding hydrogens is 850 g/mol. The maximum atomic E-state index is 2.74. The fourth-order valence-corrected chi connectivity index (χ4v) is 54.6. The molecule has 48 heavy (non-hydrogen) atoms. The van der Waals surface area contributed by atoms with E-state index in [9.17, 15) is 0 Å². The minimum absolute atomic E-state index is 0. The van der Waals surface area contributed by atoms with Gasteiger partial charge in [-0.1, -0.05) is 0 Å². The zero-order valence-corrected chi connectivity index (χ0v) is 35.2. The molecule has 0 saturated heterocycles. The predicted molar refractivity (Wildman–Crippen MR) is 196 cm³/mol. The molecule has 0 amide bonds. The van der Waals surface area contributed by atoms with Gasteiger partial charge < -0.3 is 24.8 Å². The molecule has 0 bridgehead atoms. The van der Waals surface area contributed by atoms with Crippen LogP contribution in [0, 0.1) is 0 Å². The molecule has 0 fully saturated rings. The first kappa shape index (κ1) is 35.1. The first-order valence-electron chi connectivity index (χ1n) is 16.9. The number of allylic oxidation sites excluding steroid dienone is 2. The minimum atomic E-state index is -2.51. The predicted octanol–water partition coefficient (Wildman–Crippen LogP) is 6.10. The number of benzene rings is 6. The molecule has 238 valence electrons. The zero-order valence-electron chi connectivity index (χ0n) is 28.0. The van der Waals surface area contributed by atoms with E-state index >= 15 is 0 Å². The van der Waals surface area contributed by atoms with Gasteiger partial charge in [-0.3, -0.25) is 0 Å². The van der Waals surface area contributed by atoms with E-state index < -0.39 is 28.4 Å². The Balaban J connectivity index is 0.00000201. The van der Waals surface area contributed by atoms with Crippen molar-refractivity contribution in [3.05, 3.63) is 178 Å². The molecule has 2 unspecified atom stereocenters. The maximum Gasteiger partial charge on any atom is -1.00 e. The average molecular weight is 891 g/mol. The molecule has 2 atom stereocenters. The number of halogens is 2. The number of fused-ring (bicyclic) bond motifs is 4. The Bertz CT molecular complexity index is 2110. The molecule has 0 aliphatic heterocycles. The summed E-state index contributed by atoms with van der Waals surface area (Å²) in [5.41, 5.74) is 15.7. The standard InChI is InChI=1S/2C21H17.C2H6Ge.2ClH.Hf/c2*1-2-15-14-17-9-4-6-12-19(17)21(15)20-13-7-10-16-8-3-5-11-18(16)20;1-3-2;;;/h2*3-14H,2H2,1H3;1-2H3;2*1H;/q;;;;;+2/p-2. The third-order valence-corrected chi connectivity index (χ3v) is 53.6. The molecule has 0 radical (unpaired) electrons. The summed E-state index contributed by atoms with van der Waals surface area (Å²) in [6, 6.07) is 51.0.